The molecule has 32 heavy (non-hydrogen) atoms. The van der Waals surface area contributed by atoms with Gasteiger partial charge in [0, 0.05) is 24.0 Å². The summed E-state index contributed by atoms with van der Waals surface area (Å²) < 4.78 is 50.5. The lowest BCUT2D eigenvalue weighted by molar-refractivity contribution is -0.140. The van der Waals surface area contributed by atoms with Crippen LogP contribution in [0.5, 0.6) is 5.75 Å². The number of aromatic nitrogens is 2. The first kappa shape index (κ1) is 22.0. The molecule has 170 valence electrons. The van der Waals surface area contributed by atoms with Crippen molar-refractivity contribution >= 4 is 16.8 Å². The van der Waals surface area contributed by atoms with Crippen LogP contribution in [0.2, 0.25) is 0 Å². The zero-order chi connectivity index (χ0) is 23.2. The standard InChI is InChI=1S/C21H21F3N4O4/c1-10(25)18-17(20(30)28-8-7-11(29)9-28)27-19(32-18)13-3-5-14(31-2)16-12(13)4-6-15(26-16)21(22,23)24/h3-6,10-11,29H,7-9,25H2,1-2H3/t10?,11-/m1/s1. The summed E-state index contributed by atoms with van der Waals surface area (Å²) >= 11 is 0. The molecule has 1 saturated heterocycles. The molecule has 11 heteroatoms. The van der Waals surface area contributed by atoms with Crippen molar-refractivity contribution in [2.45, 2.75) is 31.7 Å². The lowest BCUT2D eigenvalue weighted by Gasteiger charge is -2.14. The van der Waals surface area contributed by atoms with Gasteiger partial charge in [-0.1, -0.05) is 0 Å². The molecule has 8 nitrogen and oxygen atoms in total. The third kappa shape index (κ3) is 3.89. The van der Waals surface area contributed by atoms with Gasteiger partial charge in [0.15, 0.2) is 11.5 Å². The maximum atomic E-state index is 13.2. The Morgan fingerprint density at radius 2 is 2.06 bits per heavy atom. The summed E-state index contributed by atoms with van der Waals surface area (Å²) in [4.78, 5) is 22.5. The monoisotopic (exact) mass is 450 g/mol. The number of nitrogens with two attached hydrogens (primary N) is 1. The summed E-state index contributed by atoms with van der Waals surface area (Å²) in [6.45, 7) is 2.18. The average molecular weight is 450 g/mol. The number of oxazole rings is 1. The molecule has 1 fully saturated rings. The van der Waals surface area contributed by atoms with Crippen LogP contribution in [0, 0.1) is 0 Å². The van der Waals surface area contributed by atoms with Crippen LogP contribution < -0.4 is 10.5 Å². The molecule has 0 aliphatic carbocycles. The van der Waals surface area contributed by atoms with Crippen LogP contribution in [0.15, 0.2) is 28.7 Å². The lowest BCUT2D eigenvalue weighted by atomic mass is 10.1. The number of rotatable bonds is 4. The second-order valence-electron chi connectivity index (χ2n) is 7.62. The predicted octanol–water partition coefficient (Wildman–Crippen LogP) is 3.14. The van der Waals surface area contributed by atoms with Gasteiger partial charge < -0.3 is 24.9 Å². The van der Waals surface area contributed by atoms with Gasteiger partial charge in [-0.25, -0.2) is 9.97 Å². The largest absolute Gasteiger partial charge is 0.494 e. The first-order chi connectivity index (χ1) is 15.1. The fourth-order valence-electron chi connectivity index (χ4n) is 3.69. The molecule has 4 rings (SSSR count). The number of ether oxygens (including phenoxy) is 1. The molecular weight excluding hydrogens is 429 g/mol. The molecule has 1 aromatic carbocycles. The van der Waals surface area contributed by atoms with E-state index in [1.54, 1.807) is 13.0 Å². The van der Waals surface area contributed by atoms with Gasteiger partial charge in [-0.15, -0.1) is 0 Å². The van der Waals surface area contributed by atoms with Gasteiger partial charge in [-0.2, -0.15) is 13.2 Å². The molecule has 2 atom stereocenters. The third-order valence-corrected chi connectivity index (χ3v) is 5.28. The first-order valence-corrected chi connectivity index (χ1v) is 9.89. The molecule has 2 aromatic heterocycles. The van der Waals surface area contributed by atoms with E-state index in [4.69, 9.17) is 14.9 Å². The number of alkyl halides is 3. The Hall–Kier alpha value is -3.18. The van der Waals surface area contributed by atoms with Crippen LogP contribution >= 0.6 is 0 Å². The van der Waals surface area contributed by atoms with Gasteiger partial charge in [-0.3, -0.25) is 4.79 Å². The number of carbonyl (C=O) groups excluding carboxylic acids is 1. The maximum Gasteiger partial charge on any atom is 0.433 e. The Morgan fingerprint density at radius 3 is 2.66 bits per heavy atom. The SMILES string of the molecule is COc1ccc(-c2nc(C(=O)N3CC[C@@H](O)C3)c(C(C)N)o2)c2ccc(C(F)(F)F)nc12. The molecule has 1 amide bonds. The van der Waals surface area contributed by atoms with Crippen molar-refractivity contribution in [1.82, 2.24) is 14.9 Å². The highest BCUT2D eigenvalue weighted by atomic mass is 19.4. The zero-order valence-corrected chi connectivity index (χ0v) is 17.3. The minimum Gasteiger partial charge on any atom is -0.494 e. The molecule has 0 saturated carbocycles. The minimum atomic E-state index is -4.62. The van der Waals surface area contributed by atoms with Crippen LogP contribution in [0.25, 0.3) is 22.4 Å². The molecule has 1 aliphatic rings. The van der Waals surface area contributed by atoms with Crippen LogP contribution in [0.4, 0.5) is 13.2 Å². The van der Waals surface area contributed by atoms with Crippen LogP contribution in [0.1, 0.15) is 41.3 Å². The number of hydrogen-bond acceptors (Lipinski definition) is 7. The Labute approximate surface area is 180 Å². The lowest BCUT2D eigenvalue weighted by Crippen LogP contribution is -2.31. The van der Waals surface area contributed by atoms with E-state index in [1.165, 1.54) is 24.1 Å². The molecule has 3 aromatic rings. The number of methoxy groups -OCH3 is 1. The van der Waals surface area contributed by atoms with Crippen molar-refractivity contribution in [1.29, 1.82) is 0 Å². The first-order valence-electron chi connectivity index (χ1n) is 9.89. The molecular formula is C21H21F3N4O4. The fraction of sp³-hybridized carbons (Fsp3) is 0.381. The highest BCUT2D eigenvalue weighted by Crippen LogP contribution is 2.37. The number of carbonyl (C=O) groups is 1. The van der Waals surface area contributed by atoms with Crippen molar-refractivity contribution in [3.63, 3.8) is 0 Å². The topological polar surface area (TPSA) is 115 Å². The van der Waals surface area contributed by atoms with E-state index in [-0.39, 0.29) is 35.2 Å². The van der Waals surface area contributed by atoms with E-state index in [0.29, 0.717) is 23.9 Å². The number of aliphatic hydroxyl groups excluding tert-OH is 1. The number of pyridine rings is 1. The fourth-order valence-corrected chi connectivity index (χ4v) is 3.69. The molecule has 0 bridgehead atoms. The van der Waals surface area contributed by atoms with E-state index >= 15 is 0 Å². The number of halogens is 3. The predicted molar refractivity (Wildman–Crippen MR) is 108 cm³/mol. The molecule has 1 aliphatic heterocycles. The maximum absolute atomic E-state index is 13.2. The van der Waals surface area contributed by atoms with Crippen molar-refractivity contribution in [3.05, 3.63) is 41.4 Å². The molecule has 0 spiro atoms. The number of hydrogen-bond donors (Lipinski definition) is 2. The minimum absolute atomic E-state index is 0.00735. The van der Waals surface area contributed by atoms with E-state index in [9.17, 15) is 23.1 Å². The highest BCUT2D eigenvalue weighted by Gasteiger charge is 2.34. The average Bonchev–Trinajstić information content (AvgIpc) is 3.38. The van der Waals surface area contributed by atoms with Gasteiger partial charge >= 0.3 is 6.18 Å². The Bertz CT molecular complexity index is 1180. The molecule has 3 heterocycles. The number of amides is 1. The van der Waals surface area contributed by atoms with E-state index in [0.717, 1.165) is 6.07 Å². The van der Waals surface area contributed by atoms with E-state index in [1.807, 2.05) is 0 Å². The Balaban J connectivity index is 1.85. The second-order valence-corrected chi connectivity index (χ2v) is 7.62. The Kier molecular flexibility index (Phi) is 5.55. The summed E-state index contributed by atoms with van der Waals surface area (Å²) in [7, 11) is 1.33. The van der Waals surface area contributed by atoms with E-state index < -0.39 is 29.9 Å². The van der Waals surface area contributed by atoms with Crippen molar-refractivity contribution in [2.75, 3.05) is 20.2 Å². The van der Waals surface area contributed by atoms with Gasteiger partial charge in [0.05, 0.1) is 19.3 Å². The molecule has 0 radical (unpaired) electrons. The summed E-state index contributed by atoms with van der Waals surface area (Å²) in [6, 6.07) is 4.48. The van der Waals surface area contributed by atoms with Crippen LogP contribution in [-0.2, 0) is 6.18 Å². The number of likely N-dealkylation sites (tertiary alicyclic amines) is 1. The van der Waals surface area contributed by atoms with Gasteiger partial charge in [0.25, 0.3) is 5.91 Å². The number of nitrogens with zero attached hydrogens (tertiary/aromatic N) is 3. The zero-order valence-electron chi connectivity index (χ0n) is 17.3. The molecule has 3 N–H and O–H groups in total. The van der Waals surface area contributed by atoms with Gasteiger partial charge in [0.2, 0.25) is 5.89 Å². The Morgan fingerprint density at radius 1 is 1.31 bits per heavy atom. The van der Waals surface area contributed by atoms with Crippen LogP contribution in [-0.4, -0.2) is 52.2 Å². The summed E-state index contributed by atoms with van der Waals surface area (Å²) in [6.07, 6.45) is -4.77. The van der Waals surface area contributed by atoms with Crippen molar-refractivity contribution in [3.8, 4) is 17.2 Å². The highest BCUT2D eigenvalue weighted by molar-refractivity contribution is 5.98. The quantitative estimate of drug-likeness (QED) is 0.628. The van der Waals surface area contributed by atoms with Crippen LogP contribution in [0.3, 0.4) is 0 Å². The normalized spacial score (nSPS) is 17.7. The summed E-state index contributed by atoms with van der Waals surface area (Å²) in [5.41, 5.74) is 5.25. The third-order valence-electron chi connectivity index (χ3n) is 5.28. The van der Waals surface area contributed by atoms with Gasteiger partial charge in [0.1, 0.15) is 17.0 Å². The van der Waals surface area contributed by atoms with E-state index in [2.05, 4.69) is 9.97 Å². The van der Waals surface area contributed by atoms with Crippen molar-refractivity contribution < 1.29 is 32.2 Å². The second kappa shape index (κ2) is 8.06. The molecule has 1 unspecified atom stereocenters. The smallest absolute Gasteiger partial charge is 0.433 e. The van der Waals surface area contributed by atoms with Crippen molar-refractivity contribution in [2.24, 2.45) is 5.73 Å². The van der Waals surface area contributed by atoms with Gasteiger partial charge in [-0.05, 0) is 37.6 Å². The number of aliphatic hydroxyl groups is 1. The number of benzene rings is 1. The number of β-amino-alcohol motifs (C(OH)–C–C–N with tert-alkyl or cyclic N) is 1. The number of fused-ring (bicyclic) bond motifs is 1. The summed E-state index contributed by atoms with van der Waals surface area (Å²) in [5, 5.41) is 10.1. The summed E-state index contributed by atoms with van der Waals surface area (Å²) in [5.74, 6) is -0.111.